The number of fused-ring (bicyclic) bond motifs is 2. The van der Waals surface area contributed by atoms with Crippen molar-refractivity contribution in [2.75, 3.05) is 11.9 Å². The van der Waals surface area contributed by atoms with E-state index >= 15 is 0 Å². The Morgan fingerprint density at radius 3 is 2.56 bits per heavy atom. The molecule has 8 heteroatoms. The molecule has 1 atom stereocenters. The lowest BCUT2D eigenvalue weighted by Gasteiger charge is -2.35. The molecule has 2 amide bonds. The minimum Gasteiger partial charge on any atom is -0.465 e. The van der Waals surface area contributed by atoms with Crippen molar-refractivity contribution >= 4 is 23.3 Å². The fourth-order valence-electron chi connectivity index (χ4n) is 3.37. The largest absolute Gasteiger partial charge is 0.465 e. The molecule has 130 valence electrons. The number of rotatable bonds is 4. The Morgan fingerprint density at radius 1 is 1.28 bits per heavy atom. The molecule has 3 rings (SSSR count). The number of Topliss-reactive ketones (excluding diaryl/α,β-unsaturated/α-hetero) is 1. The molecule has 1 aromatic carbocycles. The summed E-state index contributed by atoms with van der Waals surface area (Å²) in [6.45, 7) is 3.12. The molecular weight excluding hydrogens is 326 g/mol. The maximum absolute atomic E-state index is 13.0. The molecule has 0 bridgehead atoms. The van der Waals surface area contributed by atoms with Crippen LogP contribution < -0.4 is 16.8 Å². The number of amides is 2. The SMILES string of the molecule is CCOC1=C(C(C)=O)C2(C(=O)Nc3ccccc32)C(C(N)=O)=C(N)O1. The third kappa shape index (κ3) is 2.10. The van der Waals surface area contributed by atoms with Crippen LogP contribution in [0.1, 0.15) is 19.4 Å². The molecule has 0 saturated carbocycles. The molecule has 2 aliphatic rings. The van der Waals surface area contributed by atoms with Crippen LogP contribution in [0, 0.1) is 0 Å². The highest BCUT2D eigenvalue weighted by Crippen LogP contribution is 2.51. The first-order chi connectivity index (χ1) is 11.9. The molecule has 25 heavy (non-hydrogen) atoms. The van der Waals surface area contributed by atoms with Crippen molar-refractivity contribution in [1.82, 2.24) is 0 Å². The number of benzene rings is 1. The van der Waals surface area contributed by atoms with Crippen molar-refractivity contribution in [3.05, 3.63) is 52.8 Å². The van der Waals surface area contributed by atoms with Crippen LogP contribution in [0.5, 0.6) is 0 Å². The summed E-state index contributed by atoms with van der Waals surface area (Å²) in [5.74, 6) is -2.64. The van der Waals surface area contributed by atoms with Gasteiger partial charge in [0, 0.05) is 11.3 Å². The number of ether oxygens (including phenoxy) is 2. The number of ketones is 1. The van der Waals surface area contributed by atoms with E-state index in [0.29, 0.717) is 11.3 Å². The fourth-order valence-corrected chi connectivity index (χ4v) is 3.37. The monoisotopic (exact) mass is 343 g/mol. The third-order valence-electron chi connectivity index (χ3n) is 4.20. The molecule has 0 aromatic heterocycles. The van der Waals surface area contributed by atoms with Gasteiger partial charge >= 0.3 is 0 Å². The van der Waals surface area contributed by atoms with Gasteiger partial charge < -0.3 is 26.3 Å². The number of para-hydroxylation sites is 1. The summed E-state index contributed by atoms with van der Waals surface area (Å²) in [5, 5.41) is 2.68. The number of primary amides is 1. The van der Waals surface area contributed by atoms with Crippen LogP contribution in [0.25, 0.3) is 0 Å². The Hall–Kier alpha value is -3.29. The summed E-state index contributed by atoms with van der Waals surface area (Å²) in [5.41, 5.74) is 10.0. The van der Waals surface area contributed by atoms with E-state index in [0.717, 1.165) is 0 Å². The van der Waals surface area contributed by atoms with Gasteiger partial charge in [-0.1, -0.05) is 18.2 Å². The predicted octanol–water partition coefficient (Wildman–Crippen LogP) is 0.399. The summed E-state index contributed by atoms with van der Waals surface area (Å²) in [6, 6.07) is 6.68. The van der Waals surface area contributed by atoms with Gasteiger partial charge in [-0.15, -0.1) is 0 Å². The number of anilines is 1. The number of carbonyl (C=O) groups excluding carboxylic acids is 3. The van der Waals surface area contributed by atoms with Gasteiger partial charge in [0.25, 0.3) is 11.9 Å². The second-order valence-corrected chi connectivity index (χ2v) is 5.61. The zero-order chi connectivity index (χ0) is 18.4. The van der Waals surface area contributed by atoms with Crippen LogP contribution >= 0.6 is 0 Å². The van der Waals surface area contributed by atoms with Crippen molar-refractivity contribution < 1.29 is 23.9 Å². The average molecular weight is 343 g/mol. The minimum absolute atomic E-state index is 0.111. The van der Waals surface area contributed by atoms with Crippen LogP contribution in [0.15, 0.2) is 47.2 Å². The van der Waals surface area contributed by atoms with E-state index in [1.165, 1.54) is 6.92 Å². The Morgan fingerprint density at radius 2 is 1.96 bits per heavy atom. The van der Waals surface area contributed by atoms with Crippen molar-refractivity contribution in [3.63, 3.8) is 0 Å². The van der Waals surface area contributed by atoms with E-state index in [1.807, 2.05) is 0 Å². The van der Waals surface area contributed by atoms with E-state index in [4.69, 9.17) is 20.9 Å². The van der Waals surface area contributed by atoms with Gasteiger partial charge in [0.1, 0.15) is 16.6 Å². The van der Waals surface area contributed by atoms with E-state index in [2.05, 4.69) is 5.32 Å². The number of hydrogen-bond acceptors (Lipinski definition) is 6. The molecule has 0 fully saturated rings. The highest BCUT2D eigenvalue weighted by atomic mass is 16.7. The maximum Gasteiger partial charge on any atom is 0.294 e. The zero-order valence-electron chi connectivity index (χ0n) is 13.7. The standard InChI is InChI=1S/C17H17N3O5/c1-3-24-15-11(8(2)21)17(12(13(18)22)14(19)25-15)9-6-4-5-7-10(9)20-16(17)23/h4-7H,3,19H2,1-2H3,(H2,18,22)(H,20,23). The second kappa shape index (κ2) is 5.66. The highest BCUT2D eigenvalue weighted by Gasteiger charge is 2.60. The highest BCUT2D eigenvalue weighted by molar-refractivity contribution is 6.22. The Balaban J connectivity index is 2.45. The first-order valence-corrected chi connectivity index (χ1v) is 7.63. The molecular formula is C17H17N3O5. The van der Waals surface area contributed by atoms with Crippen molar-refractivity contribution in [1.29, 1.82) is 0 Å². The summed E-state index contributed by atoms with van der Waals surface area (Å²) in [7, 11) is 0. The van der Waals surface area contributed by atoms with Crippen LogP contribution in [-0.2, 0) is 29.3 Å². The first kappa shape index (κ1) is 16.6. The predicted molar refractivity (Wildman–Crippen MR) is 87.6 cm³/mol. The first-order valence-electron chi connectivity index (χ1n) is 7.63. The van der Waals surface area contributed by atoms with Gasteiger partial charge in [0.05, 0.1) is 6.61 Å². The lowest BCUT2D eigenvalue weighted by Crippen LogP contribution is -2.49. The van der Waals surface area contributed by atoms with Crippen LogP contribution in [0.4, 0.5) is 5.69 Å². The fraction of sp³-hybridized carbons (Fsp3) is 0.235. The molecule has 2 heterocycles. The lowest BCUT2D eigenvalue weighted by atomic mass is 9.67. The molecule has 0 saturated heterocycles. The van der Waals surface area contributed by atoms with E-state index < -0.39 is 23.0 Å². The molecule has 8 nitrogen and oxygen atoms in total. The van der Waals surface area contributed by atoms with Crippen molar-refractivity contribution in [2.45, 2.75) is 19.3 Å². The molecule has 0 radical (unpaired) electrons. The lowest BCUT2D eigenvalue weighted by molar-refractivity contribution is -0.125. The molecule has 5 N–H and O–H groups in total. The quantitative estimate of drug-likeness (QED) is 0.724. The Labute approximate surface area is 143 Å². The molecule has 0 aliphatic carbocycles. The van der Waals surface area contributed by atoms with Gasteiger partial charge in [-0.25, -0.2) is 0 Å². The van der Waals surface area contributed by atoms with Crippen LogP contribution in [-0.4, -0.2) is 24.2 Å². The normalized spacial score (nSPS) is 21.8. The average Bonchev–Trinajstić information content (AvgIpc) is 2.80. The summed E-state index contributed by atoms with van der Waals surface area (Å²) in [6.07, 6.45) is 0. The van der Waals surface area contributed by atoms with Gasteiger partial charge in [-0.3, -0.25) is 14.4 Å². The van der Waals surface area contributed by atoms with Gasteiger partial charge in [-0.05, 0) is 19.9 Å². The Bertz CT molecular complexity index is 871. The summed E-state index contributed by atoms with van der Waals surface area (Å²) < 4.78 is 10.7. The number of nitrogens with two attached hydrogens (primary N) is 2. The summed E-state index contributed by atoms with van der Waals surface area (Å²) in [4.78, 5) is 37.7. The summed E-state index contributed by atoms with van der Waals surface area (Å²) >= 11 is 0. The number of hydrogen-bond donors (Lipinski definition) is 3. The van der Waals surface area contributed by atoms with Crippen LogP contribution in [0.2, 0.25) is 0 Å². The molecule has 1 aromatic rings. The van der Waals surface area contributed by atoms with Gasteiger partial charge in [0.2, 0.25) is 11.8 Å². The maximum atomic E-state index is 13.0. The van der Waals surface area contributed by atoms with Crippen molar-refractivity contribution in [2.24, 2.45) is 11.5 Å². The van der Waals surface area contributed by atoms with Crippen LogP contribution in [0.3, 0.4) is 0 Å². The van der Waals surface area contributed by atoms with E-state index in [-0.39, 0.29) is 29.6 Å². The third-order valence-corrected chi connectivity index (χ3v) is 4.20. The smallest absolute Gasteiger partial charge is 0.294 e. The van der Waals surface area contributed by atoms with E-state index in [1.54, 1.807) is 31.2 Å². The molecule has 1 spiro atoms. The number of carbonyl (C=O) groups is 3. The molecule has 2 aliphatic heterocycles. The topological polar surface area (TPSA) is 134 Å². The van der Waals surface area contributed by atoms with Gasteiger partial charge in [0.15, 0.2) is 5.78 Å². The number of nitrogens with one attached hydrogen (secondary N) is 1. The van der Waals surface area contributed by atoms with Gasteiger partial charge in [-0.2, -0.15) is 0 Å². The minimum atomic E-state index is -1.80. The zero-order valence-corrected chi connectivity index (χ0v) is 13.7. The Kier molecular flexibility index (Phi) is 3.75. The van der Waals surface area contributed by atoms with Crippen molar-refractivity contribution in [3.8, 4) is 0 Å². The molecule has 1 unspecified atom stereocenters. The second-order valence-electron chi connectivity index (χ2n) is 5.61. The van der Waals surface area contributed by atoms with E-state index in [9.17, 15) is 14.4 Å².